The van der Waals surface area contributed by atoms with Crippen molar-refractivity contribution in [1.82, 2.24) is 4.90 Å². The van der Waals surface area contributed by atoms with E-state index in [9.17, 15) is 17.1 Å². The van der Waals surface area contributed by atoms with Crippen molar-refractivity contribution in [2.75, 3.05) is 7.05 Å². The molecule has 16 heavy (non-hydrogen) atoms. The molecule has 3 atom stereocenters. The van der Waals surface area contributed by atoms with Gasteiger partial charge >= 0.3 is 10.2 Å². The lowest BCUT2D eigenvalue weighted by Crippen LogP contribution is -2.64. The summed E-state index contributed by atoms with van der Waals surface area (Å²) < 4.78 is 33.7. The molecule has 0 aromatic heterocycles. The number of rotatable bonds is 1. The fourth-order valence-electron chi connectivity index (χ4n) is 2.32. The van der Waals surface area contributed by atoms with Crippen molar-refractivity contribution in [2.24, 2.45) is 5.92 Å². The van der Waals surface area contributed by atoms with Crippen LogP contribution in [-0.2, 0) is 15.0 Å². The number of fused-ring (bicyclic) bond motifs is 1. The Bertz CT molecular complexity index is 489. The lowest BCUT2D eigenvalue weighted by molar-refractivity contribution is -0.132. The second-order valence-corrected chi connectivity index (χ2v) is 7.83. The molecule has 0 bridgehead atoms. The van der Waals surface area contributed by atoms with Crippen molar-refractivity contribution < 1.29 is 17.1 Å². The molecule has 1 amide bonds. The maximum absolute atomic E-state index is 13.1. The van der Waals surface area contributed by atoms with Crippen LogP contribution >= 0.6 is 15.9 Å². The van der Waals surface area contributed by atoms with E-state index in [1.807, 2.05) is 0 Å². The number of amides is 1. The molecule has 0 saturated heterocycles. The molecule has 1 saturated carbocycles. The maximum atomic E-state index is 13.1. The first-order valence-electron chi connectivity index (χ1n) is 4.77. The Hall–Kier alpha value is -0.430. The molecule has 1 aliphatic carbocycles. The number of alkyl halides is 1. The first kappa shape index (κ1) is 12.0. The molecule has 0 aromatic carbocycles. The zero-order chi connectivity index (χ0) is 12.3. The van der Waals surface area contributed by atoms with Crippen molar-refractivity contribution >= 4 is 32.1 Å². The van der Waals surface area contributed by atoms with Crippen LogP contribution in [0.5, 0.6) is 0 Å². The Kier molecular flexibility index (Phi) is 2.47. The van der Waals surface area contributed by atoms with Gasteiger partial charge in [-0.3, -0.25) is 4.79 Å². The fourth-order valence-corrected chi connectivity index (χ4v) is 4.01. The van der Waals surface area contributed by atoms with Crippen LogP contribution in [0.1, 0.15) is 13.3 Å². The van der Waals surface area contributed by atoms with E-state index < -0.39 is 19.8 Å². The molecule has 2 aliphatic rings. The van der Waals surface area contributed by atoms with E-state index in [2.05, 4.69) is 15.9 Å². The normalized spacial score (nSPS) is 38.9. The SMILES string of the molecule is CC1=C[C@@H]2[C@@H](C[C@@]2(Br)S(=O)(=O)F)N(C)C1=O. The van der Waals surface area contributed by atoms with Crippen LogP contribution in [-0.4, -0.2) is 36.0 Å². The summed E-state index contributed by atoms with van der Waals surface area (Å²) in [6, 6.07) is -0.235. The van der Waals surface area contributed by atoms with E-state index in [1.54, 1.807) is 20.0 Å². The molecule has 7 heteroatoms. The minimum Gasteiger partial charge on any atom is -0.338 e. The summed E-state index contributed by atoms with van der Waals surface area (Å²) in [6.07, 6.45) is 1.63. The highest BCUT2D eigenvalue weighted by molar-refractivity contribution is 9.11. The molecule has 1 fully saturated rings. The summed E-state index contributed by atoms with van der Waals surface area (Å²) in [5.41, 5.74) is 0.455. The van der Waals surface area contributed by atoms with Gasteiger partial charge in [0.05, 0.1) is 0 Å². The van der Waals surface area contributed by atoms with Crippen molar-refractivity contribution in [3.8, 4) is 0 Å². The highest BCUT2D eigenvalue weighted by atomic mass is 79.9. The molecule has 0 spiro atoms. The van der Waals surface area contributed by atoms with Crippen LogP contribution in [0.15, 0.2) is 11.6 Å². The van der Waals surface area contributed by atoms with Gasteiger partial charge in [-0.25, -0.2) is 0 Å². The molecular formula is C9H11BrFNO3S. The van der Waals surface area contributed by atoms with Gasteiger partial charge in [-0.2, -0.15) is 8.42 Å². The lowest BCUT2D eigenvalue weighted by Gasteiger charge is -2.53. The van der Waals surface area contributed by atoms with Crippen LogP contribution in [0.4, 0.5) is 3.89 Å². The van der Waals surface area contributed by atoms with Gasteiger partial charge in [-0.1, -0.05) is 22.0 Å². The van der Waals surface area contributed by atoms with Gasteiger partial charge in [0.2, 0.25) is 5.91 Å². The minimum absolute atomic E-state index is 0.0858. The third-order valence-corrected chi connectivity index (χ3v) is 6.65. The van der Waals surface area contributed by atoms with Crippen LogP contribution in [0.2, 0.25) is 0 Å². The third-order valence-electron chi connectivity index (χ3n) is 3.39. The molecule has 0 aromatic rings. The zero-order valence-corrected chi connectivity index (χ0v) is 11.2. The van der Waals surface area contributed by atoms with E-state index in [0.717, 1.165) is 0 Å². The fraction of sp³-hybridized carbons (Fsp3) is 0.667. The summed E-state index contributed by atoms with van der Waals surface area (Å²) in [7, 11) is -3.06. The van der Waals surface area contributed by atoms with Crippen molar-refractivity contribution in [2.45, 2.75) is 23.0 Å². The first-order valence-corrected chi connectivity index (χ1v) is 6.95. The van der Waals surface area contributed by atoms with Gasteiger partial charge in [0, 0.05) is 31.0 Å². The number of halogens is 2. The van der Waals surface area contributed by atoms with Crippen LogP contribution in [0.3, 0.4) is 0 Å². The topological polar surface area (TPSA) is 54.5 Å². The van der Waals surface area contributed by atoms with Crippen LogP contribution in [0.25, 0.3) is 0 Å². The second kappa shape index (κ2) is 3.29. The molecule has 1 aliphatic heterocycles. The number of hydrogen-bond acceptors (Lipinski definition) is 3. The Morgan fingerprint density at radius 3 is 2.69 bits per heavy atom. The monoisotopic (exact) mass is 311 g/mol. The largest absolute Gasteiger partial charge is 0.338 e. The highest BCUT2D eigenvalue weighted by Gasteiger charge is 2.63. The zero-order valence-electron chi connectivity index (χ0n) is 8.78. The second-order valence-electron chi connectivity index (χ2n) is 4.29. The van der Waals surface area contributed by atoms with Crippen LogP contribution in [0, 0.1) is 5.92 Å². The Balaban J connectivity index is 2.42. The lowest BCUT2D eigenvalue weighted by atomic mass is 9.74. The number of nitrogens with zero attached hydrogens (tertiary/aromatic N) is 1. The molecule has 1 heterocycles. The summed E-state index contributed by atoms with van der Waals surface area (Å²) in [4.78, 5) is 13.1. The van der Waals surface area contributed by atoms with Gasteiger partial charge in [-0.05, 0) is 6.92 Å². The summed E-state index contributed by atoms with van der Waals surface area (Å²) in [5, 5.41) is 0. The van der Waals surface area contributed by atoms with Gasteiger partial charge in [0.15, 0.2) is 3.66 Å². The van der Waals surface area contributed by atoms with Crippen molar-refractivity contribution in [1.29, 1.82) is 0 Å². The van der Waals surface area contributed by atoms with Crippen molar-refractivity contribution in [3.63, 3.8) is 0 Å². The quantitative estimate of drug-likeness (QED) is 0.540. The highest BCUT2D eigenvalue weighted by Crippen LogP contribution is 2.54. The molecule has 2 rings (SSSR count). The van der Waals surface area contributed by atoms with E-state index in [1.165, 1.54) is 4.90 Å². The van der Waals surface area contributed by atoms with Gasteiger partial charge < -0.3 is 4.90 Å². The molecule has 0 radical (unpaired) electrons. The minimum atomic E-state index is -4.67. The number of likely N-dealkylation sites (N-methyl/N-ethyl adjacent to an activating group) is 1. The predicted octanol–water partition coefficient (Wildman–Crippen LogP) is 1.18. The van der Waals surface area contributed by atoms with Crippen LogP contribution < -0.4 is 0 Å². The van der Waals surface area contributed by atoms with E-state index in [0.29, 0.717) is 5.57 Å². The molecule has 0 unspecified atom stereocenters. The van der Waals surface area contributed by atoms with E-state index >= 15 is 0 Å². The summed E-state index contributed by atoms with van der Waals surface area (Å²) in [6.45, 7) is 1.60. The molecular weight excluding hydrogens is 301 g/mol. The number of hydrogen-bond donors (Lipinski definition) is 0. The van der Waals surface area contributed by atoms with E-state index in [-0.39, 0.29) is 18.4 Å². The third kappa shape index (κ3) is 1.37. The van der Waals surface area contributed by atoms with Gasteiger partial charge in [-0.15, -0.1) is 3.89 Å². The van der Waals surface area contributed by atoms with Gasteiger partial charge in [0.25, 0.3) is 0 Å². The standard InChI is InChI=1S/C9H11BrFNO3S/c1-5-3-6-7(12(2)8(5)13)4-9(6,10)16(11,14)15/h3,6-7H,4H2,1-2H3/t6-,7-,9-/m1/s1. The molecule has 90 valence electrons. The summed E-state index contributed by atoms with van der Waals surface area (Å²) in [5.74, 6) is -0.641. The predicted molar refractivity (Wildman–Crippen MR) is 60.1 cm³/mol. The molecule has 4 nitrogen and oxygen atoms in total. The average molecular weight is 312 g/mol. The summed E-state index contributed by atoms with van der Waals surface area (Å²) >= 11 is 2.96. The van der Waals surface area contributed by atoms with E-state index in [4.69, 9.17) is 0 Å². The smallest absolute Gasteiger partial charge is 0.318 e. The Morgan fingerprint density at radius 2 is 2.19 bits per heavy atom. The Labute approximate surface area is 102 Å². The number of carbonyl (C=O) groups excluding carboxylic acids is 1. The number of carbonyl (C=O) groups is 1. The van der Waals surface area contributed by atoms with Gasteiger partial charge in [0.1, 0.15) is 0 Å². The molecule has 0 N–H and O–H groups in total. The van der Waals surface area contributed by atoms with Crippen molar-refractivity contribution in [3.05, 3.63) is 11.6 Å². The average Bonchev–Trinajstić information content (AvgIpc) is 2.16. The Morgan fingerprint density at radius 1 is 1.62 bits per heavy atom. The first-order chi connectivity index (χ1) is 7.18. The maximum Gasteiger partial charge on any atom is 0.318 e.